The highest BCUT2D eigenvalue weighted by Crippen LogP contribution is 2.16. The summed E-state index contributed by atoms with van der Waals surface area (Å²) in [5, 5.41) is 8.94. The summed E-state index contributed by atoms with van der Waals surface area (Å²) >= 11 is 0. The van der Waals surface area contributed by atoms with E-state index in [1.165, 1.54) is 0 Å². The summed E-state index contributed by atoms with van der Waals surface area (Å²) in [6, 6.07) is 23.5. The highest BCUT2D eigenvalue weighted by Gasteiger charge is 2.08. The van der Waals surface area contributed by atoms with Gasteiger partial charge in [0.1, 0.15) is 0 Å². The Morgan fingerprint density at radius 1 is 0.767 bits per heavy atom. The van der Waals surface area contributed by atoms with Gasteiger partial charge in [0.15, 0.2) is 0 Å². The van der Waals surface area contributed by atoms with E-state index in [0.29, 0.717) is 25.1 Å². The van der Waals surface area contributed by atoms with Crippen molar-refractivity contribution >= 4 is 33.5 Å². The molecule has 2 N–H and O–H groups in total. The fourth-order valence-corrected chi connectivity index (χ4v) is 3.52. The van der Waals surface area contributed by atoms with Gasteiger partial charge < -0.3 is 10.6 Å². The summed E-state index contributed by atoms with van der Waals surface area (Å²) in [7, 11) is 0. The molecule has 0 saturated carbocycles. The van der Waals surface area contributed by atoms with Gasteiger partial charge in [-0.1, -0.05) is 54.6 Å². The maximum Gasteiger partial charge on any atom is 0.251 e. The van der Waals surface area contributed by atoms with Crippen LogP contribution in [0.2, 0.25) is 0 Å². The van der Waals surface area contributed by atoms with Gasteiger partial charge in [0, 0.05) is 36.7 Å². The quantitative estimate of drug-likeness (QED) is 0.497. The second-order valence-corrected chi connectivity index (χ2v) is 7.16. The number of hydrogen-bond donors (Lipinski definition) is 2. The van der Waals surface area contributed by atoms with E-state index in [-0.39, 0.29) is 18.2 Å². The minimum absolute atomic E-state index is 0.0815. The normalized spacial score (nSPS) is 10.8. The molecule has 0 fully saturated rings. The minimum atomic E-state index is -0.171. The van der Waals surface area contributed by atoms with E-state index in [4.69, 9.17) is 0 Å². The third-order valence-electron chi connectivity index (χ3n) is 5.08. The van der Waals surface area contributed by atoms with Crippen LogP contribution in [0.15, 0.2) is 79.0 Å². The zero-order valence-corrected chi connectivity index (χ0v) is 16.6. The molecule has 0 spiro atoms. The van der Waals surface area contributed by atoms with Gasteiger partial charge in [-0.3, -0.25) is 14.6 Å². The second kappa shape index (κ2) is 9.18. The minimum Gasteiger partial charge on any atom is -0.356 e. The fraction of sp³-hybridized carbons (Fsp3) is 0.160. The first-order valence-electron chi connectivity index (χ1n) is 10.1. The molecule has 1 aromatic heterocycles. The van der Waals surface area contributed by atoms with Gasteiger partial charge in [0.2, 0.25) is 5.91 Å². The van der Waals surface area contributed by atoms with E-state index < -0.39 is 0 Å². The molecule has 0 aliphatic rings. The number of benzene rings is 3. The molecule has 0 aliphatic heterocycles. The monoisotopic (exact) mass is 397 g/mol. The van der Waals surface area contributed by atoms with Gasteiger partial charge in [-0.15, -0.1) is 0 Å². The average Bonchev–Trinajstić information content (AvgIpc) is 2.79. The molecule has 0 aliphatic carbocycles. The molecule has 4 aromatic rings. The van der Waals surface area contributed by atoms with Crippen molar-refractivity contribution in [1.82, 2.24) is 15.6 Å². The van der Waals surface area contributed by atoms with E-state index in [1.54, 1.807) is 12.3 Å². The Balaban J connectivity index is 1.23. The number of pyridine rings is 1. The zero-order chi connectivity index (χ0) is 20.8. The largest absolute Gasteiger partial charge is 0.356 e. The molecule has 4 rings (SSSR count). The third-order valence-corrected chi connectivity index (χ3v) is 5.08. The molecule has 30 heavy (non-hydrogen) atoms. The highest BCUT2D eigenvalue weighted by molar-refractivity contribution is 5.98. The average molecular weight is 397 g/mol. The van der Waals surface area contributed by atoms with Crippen molar-refractivity contribution in [3.05, 3.63) is 90.1 Å². The maximum atomic E-state index is 12.3. The molecule has 150 valence electrons. The summed E-state index contributed by atoms with van der Waals surface area (Å²) in [4.78, 5) is 28.9. The number of amides is 2. The van der Waals surface area contributed by atoms with Crippen LogP contribution in [0, 0.1) is 0 Å². The Morgan fingerprint density at radius 2 is 1.57 bits per heavy atom. The van der Waals surface area contributed by atoms with Crippen LogP contribution in [0.1, 0.15) is 22.3 Å². The standard InChI is InChI=1S/C25H23N3O2/c29-23(26-15-12-20-8-3-7-19-9-4-14-27-24(19)20)13-16-28-25(30)22-11-10-18-5-1-2-6-21(18)17-22/h1-11,14,17H,12-13,15-16H2,(H,26,29)(H,28,30). The van der Waals surface area contributed by atoms with Crippen LogP contribution in [-0.2, 0) is 11.2 Å². The number of nitrogens with one attached hydrogen (secondary N) is 2. The van der Waals surface area contributed by atoms with Crippen molar-refractivity contribution in [2.45, 2.75) is 12.8 Å². The molecular weight excluding hydrogens is 374 g/mol. The predicted octanol–water partition coefficient (Wildman–Crippen LogP) is 3.87. The lowest BCUT2D eigenvalue weighted by Gasteiger charge is -2.09. The van der Waals surface area contributed by atoms with Crippen molar-refractivity contribution in [3.63, 3.8) is 0 Å². The molecule has 5 nitrogen and oxygen atoms in total. The predicted molar refractivity (Wildman–Crippen MR) is 119 cm³/mol. The lowest BCUT2D eigenvalue weighted by molar-refractivity contribution is -0.120. The Morgan fingerprint density at radius 3 is 2.47 bits per heavy atom. The SMILES string of the molecule is O=C(CCNC(=O)c1ccc2ccccc2c1)NCCc1cccc2cccnc12. The zero-order valence-electron chi connectivity index (χ0n) is 16.6. The first-order chi connectivity index (χ1) is 14.7. The van der Waals surface area contributed by atoms with Crippen LogP contribution in [-0.4, -0.2) is 29.9 Å². The number of carbonyl (C=O) groups excluding carboxylic acids is 2. The van der Waals surface area contributed by atoms with E-state index in [2.05, 4.69) is 15.6 Å². The number of para-hydroxylation sites is 1. The van der Waals surface area contributed by atoms with Gasteiger partial charge in [-0.25, -0.2) is 0 Å². The van der Waals surface area contributed by atoms with Crippen LogP contribution in [0.4, 0.5) is 0 Å². The molecule has 0 bridgehead atoms. The fourth-order valence-electron chi connectivity index (χ4n) is 3.52. The van der Waals surface area contributed by atoms with E-state index in [0.717, 1.165) is 27.2 Å². The summed E-state index contributed by atoms with van der Waals surface area (Å²) in [6.45, 7) is 0.834. The first-order valence-corrected chi connectivity index (χ1v) is 10.1. The number of rotatable bonds is 7. The van der Waals surface area contributed by atoms with Crippen molar-refractivity contribution in [1.29, 1.82) is 0 Å². The van der Waals surface area contributed by atoms with Crippen molar-refractivity contribution in [3.8, 4) is 0 Å². The maximum absolute atomic E-state index is 12.3. The van der Waals surface area contributed by atoms with Crippen molar-refractivity contribution in [2.75, 3.05) is 13.1 Å². The van der Waals surface area contributed by atoms with Crippen molar-refractivity contribution < 1.29 is 9.59 Å². The summed E-state index contributed by atoms with van der Waals surface area (Å²) in [5.74, 6) is -0.252. The van der Waals surface area contributed by atoms with Gasteiger partial charge >= 0.3 is 0 Å². The Bertz CT molecular complexity index is 1200. The van der Waals surface area contributed by atoms with Gasteiger partial charge in [-0.2, -0.15) is 0 Å². The summed E-state index contributed by atoms with van der Waals surface area (Å²) in [5.41, 5.74) is 2.67. The molecule has 5 heteroatoms. The summed E-state index contributed by atoms with van der Waals surface area (Å²) < 4.78 is 0. The second-order valence-electron chi connectivity index (χ2n) is 7.16. The molecule has 0 unspecified atom stereocenters. The smallest absolute Gasteiger partial charge is 0.251 e. The van der Waals surface area contributed by atoms with Gasteiger partial charge in [-0.05, 0) is 41.0 Å². The third kappa shape index (κ3) is 4.63. The lowest BCUT2D eigenvalue weighted by atomic mass is 10.1. The highest BCUT2D eigenvalue weighted by atomic mass is 16.2. The van der Waals surface area contributed by atoms with Gasteiger partial charge in [0.25, 0.3) is 5.91 Å². The number of nitrogens with zero attached hydrogens (tertiary/aromatic N) is 1. The van der Waals surface area contributed by atoms with E-state index in [1.807, 2.05) is 66.7 Å². The van der Waals surface area contributed by atoms with Gasteiger partial charge in [0.05, 0.1) is 5.52 Å². The van der Waals surface area contributed by atoms with Crippen LogP contribution < -0.4 is 10.6 Å². The van der Waals surface area contributed by atoms with Crippen LogP contribution >= 0.6 is 0 Å². The Kier molecular flexibility index (Phi) is 5.99. The molecule has 0 saturated heterocycles. The summed E-state index contributed by atoms with van der Waals surface area (Å²) in [6.07, 6.45) is 2.74. The number of hydrogen-bond acceptors (Lipinski definition) is 3. The molecule has 0 atom stereocenters. The first kappa shape index (κ1) is 19.6. The topological polar surface area (TPSA) is 71.1 Å². The molecule has 3 aromatic carbocycles. The number of fused-ring (bicyclic) bond motifs is 2. The molecule has 2 amide bonds. The molecular formula is C25H23N3O2. The van der Waals surface area contributed by atoms with Crippen LogP contribution in [0.5, 0.6) is 0 Å². The molecule has 1 heterocycles. The van der Waals surface area contributed by atoms with Crippen LogP contribution in [0.3, 0.4) is 0 Å². The Hall–Kier alpha value is -3.73. The lowest BCUT2D eigenvalue weighted by Crippen LogP contribution is -2.31. The van der Waals surface area contributed by atoms with E-state index >= 15 is 0 Å². The van der Waals surface area contributed by atoms with E-state index in [9.17, 15) is 9.59 Å². The number of carbonyl (C=O) groups is 2. The van der Waals surface area contributed by atoms with Crippen LogP contribution in [0.25, 0.3) is 21.7 Å². The molecule has 0 radical (unpaired) electrons. The Labute approximate surface area is 175 Å². The van der Waals surface area contributed by atoms with Crippen molar-refractivity contribution in [2.24, 2.45) is 0 Å². The number of aromatic nitrogens is 1.